The van der Waals surface area contributed by atoms with Crippen LogP contribution in [-0.2, 0) is 12.8 Å². The lowest BCUT2D eigenvalue weighted by atomic mass is 10.0. The number of fused-ring (bicyclic) bond motifs is 2. The monoisotopic (exact) mass is 334 g/mol. The molecule has 0 saturated heterocycles. The third-order valence-electron chi connectivity index (χ3n) is 4.42. The molecule has 0 heterocycles. The lowest BCUT2D eigenvalue weighted by Gasteiger charge is -2.02. The Balaban J connectivity index is 0.000000151. The third-order valence-corrected chi connectivity index (χ3v) is 4.42. The van der Waals surface area contributed by atoms with E-state index in [9.17, 15) is 0 Å². The molecule has 0 fully saturated rings. The molecular weight excluding hydrogens is 312 g/mol. The summed E-state index contributed by atoms with van der Waals surface area (Å²) in [5, 5.41) is 5.17. The van der Waals surface area contributed by atoms with Gasteiger partial charge in [-0.25, -0.2) is 0 Å². The van der Waals surface area contributed by atoms with Crippen LogP contribution in [0.25, 0.3) is 21.5 Å². The first-order valence-corrected chi connectivity index (χ1v) is 8.81. The molecule has 0 aliphatic rings. The van der Waals surface area contributed by atoms with Crippen LogP contribution in [0.3, 0.4) is 0 Å². The quantitative estimate of drug-likeness (QED) is 0.293. The first kappa shape index (κ1) is 17.5. The second kappa shape index (κ2) is 8.70. The second-order valence-electron chi connectivity index (χ2n) is 6.15. The van der Waals surface area contributed by atoms with Gasteiger partial charge in [-0.15, -0.1) is 18.9 Å². The molecule has 0 spiro atoms. The molecular formula is C26H22. The van der Waals surface area contributed by atoms with Crippen molar-refractivity contribution in [1.82, 2.24) is 0 Å². The first-order valence-electron chi connectivity index (χ1n) is 8.81. The molecule has 0 radical (unpaired) electrons. The van der Waals surface area contributed by atoms with Crippen LogP contribution >= 0.6 is 0 Å². The number of benzene rings is 4. The van der Waals surface area contributed by atoms with Gasteiger partial charge in [0.25, 0.3) is 0 Å². The molecule has 0 saturated carbocycles. The van der Waals surface area contributed by atoms with Crippen LogP contribution < -0.4 is 0 Å². The van der Waals surface area contributed by atoms with Crippen LogP contribution in [0.15, 0.2) is 97.6 Å². The Morgan fingerprint density at radius 1 is 0.692 bits per heavy atom. The molecule has 0 aliphatic carbocycles. The predicted molar refractivity (Wildman–Crippen MR) is 114 cm³/mol. The molecule has 0 bridgehead atoms. The third kappa shape index (κ3) is 4.02. The molecule has 126 valence electrons. The fourth-order valence-electron chi connectivity index (χ4n) is 3.18. The van der Waals surface area contributed by atoms with Crippen LogP contribution in [0.1, 0.15) is 11.1 Å². The highest BCUT2D eigenvalue weighted by molar-refractivity contribution is 5.86. The number of terminal acetylenes is 1. The van der Waals surface area contributed by atoms with Gasteiger partial charge in [-0.3, -0.25) is 0 Å². The zero-order chi connectivity index (χ0) is 18.2. The first-order chi connectivity index (χ1) is 12.8. The molecule has 0 aromatic heterocycles. The van der Waals surface area contributed by atoms with Gasteiger partial charge in [-0.05, 0) is 39.1 Å². The van der Waals surface area contributed by atoms with Gasteiger partial charge in [0.1, 0.15) is 0 Å². The van der Waals surface area contributed by atoms with Crippen LogP contribution in [0, 0.1) is 12.3 Å². The van der Waals surface area contributed by atoms with Crippen molar-refractivity contribution in [2.45, 2.75) is 12.8 Å². The van der Waals surface area contributed by atoms with Gasteiger partial charge in [0.15, 0.2) is 0 Å². The summed E-state index contributed by atoms with van der Waals surface area (Å²) in [5.41, 5.74) is 2.59. The van der Waals surface area contributed by atoms with Crippen LogP contribution in [0.5, 0.6) is 0 Å². The minimum atomic E-state index is 0.710. The summed E-state index contributed by atoms with van der Waals surface area (Å²) in [4.78, 5) is 0. The van der Waals surface area contributed by atoms with Crippen molar-refractivity contribution in [3.8, 4) is 12.3 Å². The van der Waals surface area contributed by atoms with Gasteiger partial charge >= 0.3 is 0 Å². The van der Waals surface area contributed by atoms with Crippen molar-refractivity contribution in [1.29, 1.82) is 0 Å². The zero-order valence-corrected chi connectivity index (χ0v) is 14.9. The average molecular weight is 334 g/mol. The standard InChI is InChI=1S/C13H12.C13H10/c2*1-2-6-11-8-5-9-12-7-3-4-10-13(11)12/h2-5,7-10H,1,6H2;1,3-5,7-10H,6H2. The molecule has 26 heavy (non-hydrogen) atoms. The van der Waals surface area contributed by atoms with Crippen molar-refractivity contribution in [3.63, 3.8) is 0 Å². The summed E-state index contributed by atoms with van der Waals surface area (Å²) in [6.45, 7) is 3.76. The van der Waals surface area contributed by atoms with E-state index in [-0.39, 0.29) is 0 Å². The summed E-state index contributed by atoms with van der Waals surface area (Å²) in [5.74, 6) is 2.68. The van der Waals surface area contributed by atoms with Gasteiger partial charge in [-0.2, -0.15) is 0 Å². The second-order valence-corrected chi connectivity index (χ2v) is 6.15. The topological polar surface area (TPSA) is 0 Å². The van der Waals surface area contributed by atoms with E-state index < -0.39 is 0 Å². The highest BCUT2D eigenvalue weighted by Gasteiger charge is 1.97. The molecule has 0 heteroatoms. The van der Waals surface area contributed by atoms with E-state index in [0.29, 0.717) is 6.42 Å². The Kier molecular flexibility index (Phi) is 5.86. The molecule has 4 aromatic carbocycles. The molecule has 4 aromatic rings. The van der Waals surface area contributed by atoms with E-state index in [2.05, 4.69) is 85.3 Å². The molecule has 0 nitrogen and oxygen atoms in total. The van der Waals surface area contributed by atoms with E-state index in [0.717, 1.165) is 6.42 Å². The van der Waals surface area contributed by atoms with Crippen molar-refractivity contribution in [3.05, 3.63) is 109 Å². The van der Waals surface area contributed by atoms with Crippen molar-refractivity contribution >= 4 is 21.5 Å². The Morgan fingerprint density at radius 2 is 1.19 bits per heavy atom. The Morgan fingerprint density at radius 3 is 1.77 bits per heavy atom. The van der Waals surface area contributed by atoms with E-state index in [1.165, 1.54) is 32.7 Å². The summed E-state index contributed by atoms with van der Waals surface area (Å²) >= 11 is 0. The maximum atomic E-state index is 5.30. The van der Waals surface area contributed by atoms with E-state index in [4.69, 9.17) is 6.42 Å². The highest BCUT2D eigenvalue weighted by Crippen LogP contribution is 2.19. The minimum absolute atomic E-state index is 0.710. The van der Waals surface area contributed by atoms with Crippen molar-refractivity contribution in [2.75, 3.05) is 0 Å². The average Bonchev–Trinajstić information content (AvgIpc) is 2.70. The van der Waals surface area contributed by atoms with E-state index in [1.807, 2.05) is 18.2 Å². The van der Waals surface area contributed by atoms with Gasteiger partial charge in [-0.1, -0.05) is 91.0 Å². The lowest BCUT2D eigenvalue weighted by molar-refractivity contribution is 1.31. The Bertz CT molecular complexity index is 1050. The van der Waals surface area contributed by atoms with Crippen molar-refractivity contribution < 1.29 is 0 Å². The summed E-state index contributed by atoms with van der Waals surface area (Å²) in [6, 6.07) is 29.4. The highest BCUT2D eigenvalue weighted by atomic mass is 14.0. The van der Waals surface area contributed by atoms with Crippen molar-refractivity contribution in [2.24, 2.45) is 0 Å². The summed E-state index contributed by atoms with van der Waals surface area (Å²) in [7, 11) is 0. The molecule has 0 N–H and O–H groups in total. The fourth-order valence-corrected chi connectivity index (χ4v) is 3.18. The number of rotatable bonds is 3. The maximum absolute atomic E-state index is 5.30. The normalized spacial score (nSPS) is 9.96. The van der Waals surface area contributed by atoms with Crippen LogP contribution in [0.2, 0.25) is 0 Å². The zero-order valence-electron chi connectivity index (χ0n) is 14.9. The van der Waals surface area contributed by atoms with Gasteiger partial charge in [0, 0.05) is 6.42 Å². The van der Waals surface area contributed by atoms with Gasteiger partial charge < -0.3 is 0 Å². The molecule has 4 rings (SSSR count). The summed E-state index contributed by atoms with van der Waals surface area (Å²) < 4.78 is 0. The Hall–Kier alpha value is -3.30. The largest absolute Gasteiger partial charge is 0.120 e. The van der Waals surface area contributed by atoms with Gasteiger partial charge in [0.05, 0.1) is 0 Å². The molecule has 0 amide bonds. The van der Waals surface area contributed by atoms with Crippen LogP contribution in [-0.4, -0.2) is 0 Å². The van der Waals surface area contributed by atoms with Crippen LogP contribution in [0.4, 0.5) is 0 Å². The fraction of sp³-hybridized carbons (Fsp3) is 0.0769. The number of allylic oxidation sites excluding steroid dienone is 1. The van der Waals surface area contributed by atoms with Gasteiger partial charge in [0.2, 0.25) is 0 Å². The molecule has 0 unspecified atom stereocenters. The Labute approximate surface area is 155 Å². The van der Waals surface area contributed by atoms with E-state index >= 15 is 0 Å². The SMILES string of the molecule is C#CCc1cccc2ccccc12.C=CCc1cccc2ccccc12. The number of hydrogen-bond donors (Lipinski definition) is 0. The smallest absolute Gasteiger partial charge is 0.0343 e. The maximum Gasteiger partial charge on any atom is 0.0343 e. The van der Waals surface area contributed by atoms with E-state index in [1.54, 1.807) is 0 Å². The predicted octanol–water partition coefficient (Wildman–Crippen LogP) is 6.58. The number of hydrogen-bond acceptors (Lipinski definition) is 0. The lowest BCUT2D eigenvalue weighted by Crippen LogP contribution is -1.83. The summed E-state index contributed by atoms with van der Waals surface area (Å²) in [6.07, 6.45) is 8.90. The minimum Gasteiger partial charge on any atom is -0.120 e. The molecule has 0 atom stereocenters. The molecule has 0 aliphatic heterocycles.